The molecule has 0 aliphatic heterocycles. The van der Waals surface area contributed by atoms with Gasteiger partial charge in [0, 0.05) is 29.1 Å². The van der Waals surface area contributed by atoms with Gasteiger partial charge in [0.2, 0.25) is 5.91 Å². The van der Waals surface area contributed by atoms with Gasteiger partial charge in [-0.3, -0.25) is 4.79 Å². The summed E-state index contributed by atoms with van der Waals surface area (Å²) in [5.74, 6) is 1.69. The minimum atomic E-state index is -0.00542. The lowest BCUT2D eigenvalue weighted by Crippen LogP contribution is -2.25. The Bertz CT molecular complexity index is 747. The fraction of sp³-hybridized carbons (Fsp3) is 0.316. The number of hydrogen-bond acceptors (Lipinski definition) is 3. The quantitative estimate of drug-likeness (QED) is 0.866. The van der Waals surface area contributed by atoms with E-state index in [1.165, 1.54) is 0 Å². The van der Waals surface area contributed by atoms with Crippen LogP contribution in [0.5, 0.6) is 11.5 Å². The molecule has 1 aliphatic carbocycles. The predicted octanol–water partition coefficient (Wildman–Crippen LogP) is 3.78. The van der Waals surface area contributed by atoms with E-state index in [2.05, 4.69) is 5.32 Å². The molecule has 5 heteroatoms. The van der Waals surface area contributed by atoms with Gasteiger partial charge in [-0.15, -0.1) is 0 Å². The molecule has 0 aromatic heterocycles. The average Bonchev–Trinajstić information content (AvgIpc) is 3.40. The summed E-state index contributed by atoms with van der Waals surface area (Å²) in [6.07, 6.45) is 0.843. The maximum absolute atomic E-state index is 12.4. The van der Waals surface area contributed by atoms with Gasteiger partial charge in [-0.25, -0.2) is 0 Å². The van der Waals surface area contributed by atoms with Crippen LogP contribution < -0.4 is 14.8 Å². The van der Waals surface area contributed by atoms with E-state index in [4.69, 9.17) is 21.1 Å². The summed E-state index contributed by atoms with van der Waals surface area (Å²) < 4.78 is 10.5. The summed E-state index contributed by atoms with van der Waals surface area (Å²) >= 11 is 6.21. The SMILES string of the molecule is COc1ccc(CNC(=O)C2CC2c2ccccc2Cl)c(OC)c1. The monoisotopic (exact) mass is 345 g/mol. The Morgan fingerprint density at radius 1 is 1.21 bits per heavy atom. The van der Waals surface area contributed by atoms with Crippen LogP contribution >= 0.6 is 11.6 Å². The first kappa shape index (κ1) is 16.7. The zero-order valence-electron chi connectivity index (χ0n) is 13.7. The molecule has 2 aromatic carbocycles. The Labute approximate surface area is 146 Å². The number of carbonyl (C=O) groups excluding carboxylic acids is 1. The third kappa shape index (κ3) is 3.49. The van der Waals surface area contributed by atoms with Gasteiger partial charge < -0.3 is 14.8 Å². The zero-order chi connectivity index (χ0) is 17.1. The molecule has 0 radical (unpaired) electrons. The fourth-order valence-corrected chi connectivity index (χ4v) is 3.19. The van der Waals surface area contributed by atoms with Crippen molar-refractivity contribution in [2.24, 2.45) is 5.92 Å². The van der Waals surface area contributed by atoms with E-state index in [1.54, 1.807) is 14.2 Å². The van der Waals surface area contributed by atoms with E-state index in [1.807, 2.05) is 42.5 Å². The summed E-state index contributed by atoms with van der Waals surface area (Å²) in [6, 6.07) is 13.3. The van der Waals surface area contributed by atoms with Crippen molar-refractivity contribution in [3.63, 3.8) is 0 Å². The molecule has 24 heavy (non-hydrogen) atoms. The number of nitrogens with one attached hydrogen (secondary N) is 1. The number of carbonyl (C=O) groups is 1. The van der Waals surface area contributed by atoms with Crippen LogP contribution in [0, 0.1) is 5.92 Å². The van der Waals surface area contributed by atoms with E-state index in [-0.39, 0.29) is 17.7 Å². The van der Waals surface area contributed by atoms with Gasteiger partial charge in [0.25, 0.3) is 0 Å². The van der Waals surface area contributed by atoms with Gasteiger partial charge in [0.1, 0.15) is 11.5 Å². The third-order valence-electron chi connectivity index (χ3n) is 4.38. The molecule has 1 fully saturated rings. The van der Waals surface area contributed by atoms with Crippen molar-refractivity contribution in [1.82, 2.24) is 5.32 Å². The molecule has 0 saturated heterocycles. The second-order valence-electron chi connectivity index (χ2n) is 5.87. The molecule has 1 N–H and O–H groups in total. The first-order valence-corrected chi connectivity index (χ1v) is 8.25. The molecule has 4 nitrogen and oxygen atoms in total. The molecule has 1 aliphatic rings. The van der Waals surface area contributed by atoms with Crippen LogP contribution in [-0.2, 0) is 11.3 Å². The number of ether oxygens (including phenoxy) is 2. The van der Waals surface area contributed by atoms with Crippen LogP contribution in [0.15, 0.2) is 42.5 Å². The topological polar surface area (TPSA) is 47.6 Å². The minimum Gasteiger partial charge on any atom is -0.497 e. The summed E-state index contributed by atoms with van der Waals surface area (Å²) in [5, 5.41) is 3.72. The van der Waals surface area contributed by atoms with Crippen LogP contribution in [-0.4, -0.2) is 20.1 Å². The van der Waals surface area contributed by atoms with E-state index < -0.39 is 0 Å². The van der Waals surface area contributed by atoms with Crippen molar-refractivity contribution in [3.8, 4) is 11.5 Å². The lowest BCUT2D eigenvalue weighted by atomic mass is 10.1. The van der Waals surface area contributed by atoms with Crippen molar-refractivity contribution >= 4 is 17.5 Å². The smallest absolute Gasteiger partial charge is 0.224 e. The molecule has 1 saturated carbocycles. The van der Waals surface area contributed by atoms with Gasteiger partial charge in [0.15, 0.2) is 0 Å². The number of halogens is 1. The molecular formula is C19H20ClNO3. The minimum absolute atomic E-state index is 0.00542. The number of amides is 1. The van der Waals surface area contributed by atoms with Crippen LogP contribution in [0.2, 0.25) is 5.02 Å². The molecule has 0 spiro atoms. The predicted molar refractivity (Wildman–Crippen MR) is 93.7 cm³/mol. The normalized spacial score (nSPS) is 18.8. The summed E-state index contributed by atoms with van der Waals surface area (Å²) in [7, 11) is 3.21. The van der Waals surface area contributed by atoms with Crippen molar-refractivity contribution in [2.45, 2.75) is 18.9 Å². The van der Waals surface area contributed by atoms with E-state index in [9.17, 15) is 4.79 Å². The van der Waals surface area contributed by atoms with Crippen LogP contribution in [0.3, 0.4) is 0 Å². The van der Waals surface area contributed by atoms with Crippen LogP contribution in [0.25, 0.3) is 0 Å². The first-order chi connectivity index (χ1) is 11.6. The van der Waals surface area contributed by atoms with Crippen molar-refractivity contribution in [1.29, 1.82) is 0 Å². The molecular weight excluding hydrogens is 326 g/mol. The van der Waals surface area contributed by atoms with Crippen molar-refractivity contribution in [2.75, 3.05) is 14.2 Å². The standard InChI is InChI=1S/C19H20ClNO3/c1-23-13-8-7-12(18(9-13)24-2)11-21-19(22)16-10-15(16)14-5-3-4-6-17(14)20/h3-9,15-16H,10-11H2,1-2H3,(H,21,22). The Hall–Kier alpha value is -2.20. The lowest BCUT2D eigenvalue weighted by Gasteiger charge is -2.11. The van der Waals surface area contributed by atoms with Gasteiger partial charge in [-0.05, 0) is 36.1 Å². The molecule has 1 amide bonds. The number of benzene rings is 2. The fourth-order valence-electron chi connectivity index (χ4n) is 2.92. The van der Waals surface area contributed by atoms with E-state index in [0.717, 1.165) is 28.3 Å². The van der Waals surface area contributed by atoms with Gasteiger partial charge in [-0.2, -0.15) is 0 Å². The number of hydrogen-bond donors (Lipinski definition) is 1. The Morgan fingerprint density at radius 2 is 2.00 bits per heavy atom. The van der Waals surface area contributed by atoms with Gasteiger partial charge in [0.05, 0.1) is 14.2 Å². The van der Waals surface area contributed by atoms with Crippen molar-refractivity contribution < 1.29 is 14.3 Å². The highest BCUT2D eigenvalue weighted by molar-refractivity contribution is 6.31. The van der Waals surface area contributed by atoms with Crippen LogP contribution in [0.1, 0.15) is 23.5 Å². The van der Waals surface area contributed by atoms with Crippen molar-refractivity contribution in [3.05, 3.63) is 58.6 Å². The molecule has 0 bridgehead atoms. The molecule has 3 rings (SSSR count). The molecule has 2 unspecified atom stereocenters. The summed E-state index contributed by atoms with van der Waals surface area (Å²) in [5.41, 5.74) is 1.97. The highest BCUT2D eigenvalue weighted by atomic mass is 35.5. The summed E-state index contributed by atoms with van der Waals surface area (Å²) in [6.45, 7) is 0.428. The molecule has 2 atom stereocenters. The molecule has 0 heterocycles. The van der Waals surface area contributed by atoms with E-state index in [0.29, 0.717) is 12.3 Å². The maximum Gasteiger partial charge on any atom is 0.224 e. The first-order valence-electron chi connectivity index (χ1n) is 7.87. The molecule has 126 valence electrons. The number of methoxy groups -OCH3 is 2. The maximum atomic E-state index is 12.4. The second-order valence-corrected chi connectivity index (χ2v) is 6.27. The Balaban J connectivity index is 1.60. The lowest BCUT2D eigenvalue weighted by molar-refractivity contribution is -0.122. The average molecular weight is 346 g/mol. The summed E-state index contributed by atoms with van der Waals surface area (Å²) in [4.78, 5) is 12.4. The highest BCUT2D eigenvalue weighted by Crippen LogP contribution is 2.49. The number of rotatable bonds is 6. The third-order valence-corrected chi connectivity index (χ3v) is 4.72. The Kier molecular flexibility index (Phi) is 4.95. The largest absolute Gasteiger partial charge is 0.497 e. The Morgan fingerprint density at radius 3 is 2.71 bits per heavy atom. The van der Waals surface area contributed by atoms with Gasteiger partial charge in [-0.1, -0.05) is 29.8 Å². The zero-order valence-corrected chi connectivity index (χ0v) is 14.5. The van der Waals surface area contributed by atoms with Crippen LogP contribution in [0.4, 0.5) is 0 Å². The molecule has 2 aromatic rings. The second kappa shape index (κ2) is 7.14. The highest BCUT2D eigenvalue weighted by Gasteiger charge is 2.44. The van der Waals surface area contributed by atoms with Gasteiger partial charge >= 0.3 is 0 Å². The van der Waals surface area contributed by atoms with E-state index >= 15 is 0 Å².